The van der Waals surface area contributed by atoms with Crippen LogP contribution in [0.4, 0.5) is 5.69 Å². The molecule has 0 heterocycles. The second kappa shape index (κ2) is 11.7. The molecule has 1 N–H and O–H groups in total. The lowest BCUT2D eigenvalue weighted by Crippen LogP contribution is -2.14. The summed E-state index contributed by atoms with van der Waals surface area (Å²) in [6.45, 7) is 6.45. The summed E-state index contributed by atoms with van der Waals surface area (Å²) in [5, 5.41) is 13.1. The minimum Gasteiger partial charge on any atom is -0.490 e. The van der Waals surface area contributed by atoms with Gasteiger partial charge in [-0.1, -0.05) is 57.9 Å². The highest BCUT2D eigenvalue weighted by atomic mass is 79.9. The number of nitrogens with one attached hydrogen (secondary N) is 1. The molecule has 0 atom stereocenters. The summed E-state index contributed by atoms with van der Waals surface area (Å²) >= 11 is 9.75. The molecule has 0 saturated heterocycles. The number of amides is 1. The Balaban J connectivity index is 1.88. The van der Waals surface area contributed by atoms with Crippen LogP contribution in [0.5, 0.6) is 11.5 Å². The Kier molecular flexibility index (Phi) is 8.75. The molecular weight excluding hydrogens is 516 g/mol. The Bertz CT molecular complexity index is 1280. The number of ether oxygens (including phenoxy) is 2. The number of hydrogen-bond donors (Lipinski definition) is 1. The van der Waals surface area contributed by atoms with Gasteiger partial charge in [-0.3, -0.25) is 4.79 Å². The molecule has 0 aliphatic carbocycles. The number of halogens is 2. The molecule has 7 heteroatoms. The fourth-order valence-electron chi connectivity index (χ4n) is 3.19. The van der Waals surface area contributed by atoms with E-state index in [2.05, 4.69) is 21.2 Å². The second-order valence-electron chi connectivity index (χ2n) is 7.50. The molecule has 3 aromatic rings. The van der Waals surface area contributed by atoms with Crippen molar-refractivity contribution >= 4 is 45.2 Å². The van der Waals surface area contributed by atoms with Gasteiger partial charge in [0.05, 0.1) is 6.61 Å². The summed E-state index contributed by atoms with van der Waals surface area (Å²) in [7, 11) is 0. The van der Waals surface area contributed by atoms with Gasteiger partial charge in [-0.15, -0.1) is 0 Å². The molecule has 0 fully saturated rings. The number of benzene rings is 3. The molecule has 1 amide bonds. The highest BCUT2D eigenvalue weighted by Crippen LogP contribution is 2.36. The third kappa shape index (κ3) is 6.19. The topological polar surface area (TPSA) is 71.3 Å². The highest BCUT2D eigenvalue weighted by Gasteiger charge is 2.15. The molecule has 3 rings (SSSR count). The van der Waals surface area contributed by atoms with E-state index in [0.29, 0.717) is 38.9 Å². The lowest BCUT2D eigenvalue weighted by molar-refractivity contribution is -0.112. The third-order valence-electron chi connectivity index (χ3n) is 5.22. The molecule has 0 bridgehead atoms. The van der Waals surface area contributed by atoms with Gasteiger partial charge in [-0.2, -0.15) is 5.26 Å². The lowest BCUT2D eigenvalue weighted by Gasteiger charge is -2.15. The molecule has 0 unspecified atom stereocenters. The van der Waals surface area contributed by atoms with Crippen molar-refractivity contribution in [3.63, 3.8) is 0 Å². The zero-order valence-electron chi connectivity index (χ0n) is 19.1. The van der Waals surface area contributed by atoms with E-state index in [0.717, 1.165) is 16.7 Å². The summed E-state index contributed by atoms with van der Waals surface area (Å²) < 4.78 is 12.4. The van der Waals surface area contributed by atoms with Crippen LogP contribution in [-0.2, 0) is 11.4 Å². The Morgan fingerprint density at radius 1 is 1.12 bits per heavy atom. The van der Waals surface area contributed by atoms with Crippen LogP contribution in [-0.4, -0.2) is 12.5 Å². The van der Waals surface area contributed by atoms with Gasteiger partial charge in [0.25, 0.3) is 5.91 Å². The first kappa shape index (κ1) is 25.4. The monoisotopic (exact) mass is 538 g/mol. The second-order valence-corrected chi connectivity index (χ2v) is 8.77. The van der Waals surface area contributed by atoms with Crippen LogP contribution in [0.15, 0.2) is 64.6 Å². The molecular formula is C27H24BrClN2O3. The summed E-state index contributed by atoms with van der Waals surface area (Å²) in [4.78, 5) is 12.8. The summed E-state index contributed by atoms with van der Waals surface area (Å²) in [6, 6.07) is 18.6. The number of nitrogens with zero attached hydrogens (tertiary/aromatic N) is 1. The first-order valence-corrected chi connectivity index (χ1v) is 11.8. The van der Waals surface area contributed by atoms with E-state index >= 15 is 0 Å². The van der Waals surface area contributed by atoms with Gasteiger partial charge in [0.1, 0.15) is 18.2 Å². The Morgan fingerprint density at radius 3 is 2.56 bits per heavy atom. The molecule has 0 aliphatic heterocycles. The molecule has 0 aromatic heterocycles. The van der Waals surface area contributed by atoms with Crippen molar-refractivity contribution in [2.24, 2.45) is 0 Å². The zero-order valence-corrected chi connectivity index (χ0v) is 21.5. The third-order valence-corrected chi connectivity index (χ3v) is 6.28. The van der Waals surface area contributed by atoms with Crippen LogP contribution < -0.4 is 14.8 Å². The van der Waals surface area contributed by atoms with Crippen LogP contribution >= 0.6 is 27.5 Å². The van der Waals surface area contributed by atoms with Crippen LogP contribution in [0.3, 0.4) is 0 Å². The van der Waals surface area contributed by atoms with E-state index in [1.54, 1.807) is 18.2 Å². The van der Waals surface area contributed by atoms with E-state index in [-0.39, 0.29) is 12.2 Å². The van der Waals surface area contributed by atoms with Gasteiger partial charge >= 0.3 is 0 Å². The van der Waals surface area contributed by atoms with Gasteiger partial charge in [0.2, 0.25) is 0 Å². The standard InChI is InChI=1S/C27H24BrClN2O3/c1-4-33-25-13-20(22(28)14-26(25)34-16-19-9-5-6-10-23(19)29)12-21(15-30)27(32)31-24-11-7-8-17(2)18(24)3/h5-14H,4,16H2,1-3H3,(H,31,32)/b21-12+. The molecule has 3 aromatic carbocycles. The fourth-order valence-corrected chi connectivity index (χ4v) is 3.82. The maximum atomic E-state index is 12.8. The van der Waals surface area contributed by atoms with E-state index in [4.69, 9.17) is 21.1 Å². The minimum absolute atomic E-state index is 0.0335. The first-order chi connectivity index (χ1) is 16.3. The van der Waals surface area contributed by atoms with Crippen molar-refractivity contribution in [3.8, 4) is 17.6 Å². The van der Waals surface area contributed by atoms with Gasteiger partial charge in [0.15, 0.2) is 11.5 Å². The predicted molar refractivity (Wildman–Crippen MR) is 139 cm³/mol. The normalized spacial score (nSPS) is 11.0. The molecule has 0 spiro atoms. The van der Waals surface area contributed by atoms with Crippen molar-refractivity contribution < 1.29 is 14.3 Å². The average Bonchev–Trinajstić information content (AvgIpc) is 2.82. The Morgan fingerprint density at radius 2 is 1.85 bits per heavy atom. The van der Waals surface area contributed by atoms with Crippen molar-refractivity contribution in [2.45, 2.75) is 27.4 Å². The summed E-state index contributed by atoms with van der Waals surface area (Å²) in [5.74, 6) is 0.528. The summed E-state index contributed by atoms with van der Waals surface area (Å²) in [6.07, 6.45) is 1.52. The molecule has 174 valence electrons. The molecule has 0 saturated carbocycles. The largest absolute Gasteiger partial charge is 0.490 e. The number of aryl methyl sites for hydroxylation is 1. The maximum Gasteiger partial charge on any atom is 0.266 e. The van der Waals surface area contributed by atoms with Crippen molar-refractivity contribution in [1.82, 2.24) is 0 Å². The SMILES string of the molecule is CCOc1cc(/C=C(\C#N)C(=O)Nc2cccc(C)c2C)c(Br)cc1OCc1ccccc1Cl. The van der Waals surface area contributed by atoms with Crippen LogP contribution in [0, 0.1) is 25.2 Å². The van der Waals surface area contributed by atoms with E-state index in [9.17, 15) is 10.1 Å². The van der Waals surface area contributed by atoms with Crippen molar-refractivity contribution in [2.75, 3.05) is 11.9 Å². The quantitative estimate of drug-likeness (QED) is 0.242. The average molecular weight is 540 g/mol. The maximum absolute atomic E-state index is 12.8. The molecule has 34 heavy (non-hydrogen) atoms. The predicted octanol–water partition coefficient (Wildman–Crippen LogP) is 7.24. The van der Waals surface area contributed by atoms with Gasteiger partial charge in [-0.05, 0) is 67.8 Å². The van der Waals surface area contributed by atoms with Crippen molar-refractivity contribution in [1.29, 1.82) is 5.26 Å². The number of rotatable bonds is 8. The lowest BCUT2D eigenvalue weighted by atomic mass is 10.1. The first-order valence-electron chi connectivity index (χ1n) is 10.7. The summed E-state index contributed by atoms with van der Waals surface area (Å²) in [5.41, 5.74) is 4.10. The highest BCUT2D eigenvalue weighted by molar-refractivity contribution is 9.10. The number of nitriles is 1. The molecule has 0 radical (unpaired) electrons. The zero-order chi connectivity index (χ0) is 24.7. The van der Waals surface area contributed by atoms with Crippen LogP contribution in [0.2, 0.25) is 5.02 Å². The Hall–Kier alpha value is -3.27. The fraction of sp³-hybridized carbons (Fsp3) is 0.185. The van der Waals surface area contributed by atoms with Crippen molar-refractivity contribution in [3.05, 3.63) is 91.9 Å². The molecule has 5 nitrogen and oxygen atoms in total. The number of anilines is 1. The van der Waals surface area contributed by atoms with E-state index in [1.165, 1.54) is 6.08 Å². The minimum atomic E-state index is -0.486. The number of hydrogen-bond acceptors (Lipinski definition) is 4. The molecule has 0 aliphatic rings. The van der Waals surface area contributed by atoms with Crippen LogP contribution in [0.1, 0.15) is 29.2 Å². The number of carbonyl (C=O) groups excluding carboxylic acids is 1. The number of carbonyl (C=O) groups is 1. The Labute approximate surface area is 213 Å². The van der Waals surface area contributed by atoms with Crippen LogP contribution in [0.25, 0.3) is 6.08 Å². The smallest absolute Gasteiger partial charge is 0.266 e. The van der Waals surface area contributed by atoms with Gasteiger partial charge < -0.3 is 14.8 Å². The van der Waals surface area contributed by atoms with Gasteiger partial charge in [0, 0.05) is 20.7 Å². The van der Waals surface area contributed by atoms with E-state index in [1.807, 2.05) is 63.2 Å². The van der Waals surface area contributed by atoms with Gasteiger partial charge in [-0.25, -0.2) is 0 Å². The van der Waals surface area contributed by atoms with E-state index < -0.39 is 5.91 Å².